The number of likely N-dealkylation sites (N-methyl/N-ethyl adjacent to an activating group) is 1. The molecule has 0 unspecified atom stereocenters. The zero-order valence-corrected chi connectivity index (χ0v) is 20.2. The molecule has 1 aliphatic heterocycles. The highest BCUT2D eigenvalue weighted by Crippen LogP contribution is 2.37. The molecule has 186 valence electrons. The molecule has 0 saturated carbocycles. The van der Waals surface area contributed by atoms with Crippen LogP contribution in [0.2, 0.25) is 5.02 Å². The number of amides is 1. The molecule has 7 nitrogen and oxygen atoms in total. The molecule has 35 heavy (non-hydrogen) atoms. The maximum absolute atomic E-state index is 13.4. The van der Waals surface area contributed by atoms with Gasteiger partial charge < -0.3 is 5.32 Å². The third-order valence-corrected chi connectivity index (χ3v) is 8.50. The number of pyridine rings is 1. The number of thiophene rings is 1. The molecular formula is C21H17ClF4N4O3S2. The first-order chi connectivity index (χ1) is 16.3. The van der Waals surface area contributed by atoms with E-state index in [2.05, 4.69) is 15.0 Å². The van der Waals surface area contributed by atoms with Crippen molar-refractivity contribution < 1.29 is 30.8 Å². The van der Waals surface area contributed by atoms with E-state index in [-0.39, 0.29) is 17.1 Å². The molecular weight excluding hydrogens is 532 g/mol. The topological polar surface area (TPSA) is 91.4 Å². The Hall–Kier alpha value is -2.58. The first-order valence-electron chi connectivity index (χ1n) is 10.00. The molecule has 1 amide bonds. The number of carbonyl (C=O) groups is 1. The van der Waals surface area contributed by atoms with E-state index in [1.54, 1.807) is 12.1 Å². The van der Waals surface area contributed by atoms with Gasteiger partial charge in [0, 0.05) is 34.2 Å². The molecule has 3 heterocycles. The molecule has 1 aromatic carbocycles. The van der Waals surface area contributed by atoms with Gasteiger partial charge in [-0.1, -0.05) is 11.6 Å². The van der Waals surface area contributed by atoms with E-state index >= 15 is 0 Å². The summed E-state index contributed by atoms with van der Waals surface area (Å²) in [6.45, 7) is 0. The van der Waals surface area contributed by atoms with Crippen molar-refractivity contribution in [2.75, 3.05) is 12.4 Å². The molecule has 2 atom stereocenters. The number of carbonyl (C=O) groups excluding carboxylic acids is 1. The lowest BCUT2D eigenvalue weighted by Gasteiger charge is -2.35. The number of nitrogens with one attached hydrogen (secondary N) is 2. The average molecular weight is 549 g/mol. The number of nitrogens with zero attached hydrogens (tertiary/aromatic N) is 2. The van der Waals surface area contributed by atoms with Crippen LogP contribution in [0, 0.1) is 5.82 Å². The smallest absolute Gasteiger partial charge is 0.325 e. The number of anilines is 1. The van der Waals surface area contributed by atoms with Gasteiger partial charge >= 0.3 is 6.18 Å². The van der Waals surface area contributed by atoms with Gasteiger partial charge in [0.2, 0.25) is 5.91 Å². The fraction of sp³-hybridized carbons (Fsp3) is 0.238. The molecule has 0 bridgehead atoms. The summed E-state index contributed by atoms with van der Waals surface area (Å²) in [5, 5.41) is 2.35. The average Bonchev–Trinajstić information content (AvgIpc) is 3.28. The van der Waals surface area contributed by atoms with Gasteiger partial charge in [0.1, 0.15) is 17.6 Å². The van der Waals surface area contributed by atoms with Gasteiger partial charge in [-0.2, -0.15) is 30.6 Å². The Balaban J connectivity index is 1.55. The monoisotopic (exact) mass is 548 g/mol. The van der Waals surface area contributed by atoms with Crippen LogP contribution in [0.4, 0.5) is 23.2 Å². The molecule has 1 fully saturated rings. The minimum Gasteiger partial charge on any atom is -0.325 e. The molecule has 2 N–H and O–H groups in total. The van der Waals surface area contributed by atoms with Crippen molar-refractivity contribution in [1.82, 2.24) is 14.0 Å². The molecule has 1 saturated heterocycles. The molecule has 3 aromatic rings. The highest BCUT2D eigenvalue weighted by Gasteiger charge is 2.41. The highest BCUT2D eigenvalue weighted by molar-refractivity contribution is 7.87. The molecule has 4 rings (SSSR count). The third kappa shape index (κ3) is 5.48. The van der Waals surface area contributed by atoms with E-state index in [0.717, 1.165) is 22.6 Å². The zero-order chi connectivity index (χ0) is 25.5. The molecule has 0 aliphatic carbocycles. The van der Waals surface area contributed by atoms with E-state index in [9.17, 15) is 30.8 Å². The van der Waals surface area contributed by atoms with Gasteiger partial charge in [-0.25, -0.2) is 4.39 Å². The maximum atomic E-state index is 13.4. The first kappa shape index (κ1) is 25.5. The minimum absolute atomic E-state index is 0.0711. The summed E-state index contributed by atoms with van der Waals surface area (Å²) in [6.07, 6.45) is -3.39. The lowest BCUT2D eigenvalue weighted by atomic mass is 10.1. The summed E-state index contributed by atoms with van der Waals surface area (Å²) in [5.41, 5.74) is -0.375. The Bertz CT molecular complexity index is 1360. The van der Waals surface area contributed by atoms with E-state index in [4.69, 9.17) is 11.6 Å². The van der Waals surface area contributed by atoms with E-state index in [1.807, 2.05) is 0 Å². The third-order valence-electron chi connectivity index (χ3n) is 5.37. The van der Waals surface area contributed by atoms with Gasteiger partial charge in [0.25, 0.3) is 10.2 Å². The van der Waals surface area contributed by atoms with Gasteiger partial charge in [0.05, 0.1) is 11.1 Å². The van der Waals surface area contributed by atoms with Crippen molar-refractivity contribution in [3.63, 3.8) is 0 Å². The van der Waals surface area contributed by atoms with E-state index < -0.39 is 45.9 Å². The Kier molecular flexibility index (Phi) is 6.90. The summed E-state index contributed by atoms with van der Waals surface area (Å²) in [4.78, 5) is 17.5. The normalized spacial score (nSPS) is 20.5. The second kappa shape index (κ2) is 9.47. The van der Waals surface area contributed by atoms with Gasteiger partial charge in [-0.15, -0.1) is 11.3 Å². The number of benzene rings is 1. The quantitative estimate of drug-likeness (QED) is 0.457. The number of hydrogen-bond acceptors (Lipinski definition) is 5. The van der Waals surface area contributed by atoms with Crippen LogP contribution in [0.1, 0.15) is 23.0 Å². The van der Waals surface area contributed by atoms with Crippen molar-refractivity contribution in [2.24, 2.45) is 0 Å². The van der Waals surface area contributed by atoms with Crippen LogP contribution in [-0.2, 0) is 21.2 Å². The summed E-state index contributed by atoms with van der Waals surface area (Å²) in [6, 6.07) is 7.19. The molecule has 14 heteroatoms. The largest absolute Gasteiger partial charge is 0.433 e. The molecule has 2 aromatic heterocycles. The highest BCUT2D eigenvalue weighted by atomic mass is 35.5. The van der Waals surface area contributed by atoms with Crippen LogP contribution in [0.5, 0.6) is 0 Å². The van der Waals surface area contributed by atoms with E-state index in [0.29, 0.717) is 15.3 Å². The Morgan fingerprint density at radius 2 is 1.97 bits per heavy atom. The van der Waals surface area contributed by atoms with Crippen molar-refractivity contribution in [3.05, 3.63) is 70.1 Å². The van der Waals surface area contributed by atoms with Crippen LogP contribution in [0.15, 0.2) is 48.7 Å². The van der Waals surface area contributed by atoms with Gasteiger partial charge in [0.15, 0.2) is 0 Å². The van der Waals surface area contributed by atoms with Crippen LogP contribution < -0.4 is 10.0 Å². The summed E-state index contributed by atoms with van der Waals surface area (Å²) in [5.74, 6) is -1.29. The van der Waals surface area contributed by atoms with Crippen LogP contribution in [-0.4, -0.2) is 36.7 Å². The fourth-order valence-corrected chi connectivity index (χ4v) is 6.08. The predicted octanol–water partition coefficient (Wildman–Crippen LogP) is 4.84. The van der Waals surface area contributed by atoms with Crippen molar-refractivity contribution in [1.29, 1.82) is 0 Å². The molecule has 0 radical (unpaired) electrons. The number of rotatable bonds is 4. The summed E-state index contributed by atoms with van der Waals surface area (Å²) < 4.78 is 80.5. The van der Waals surface area contributed by atoms with Crippen molar-refractivity contribution in [3.8, 4) is 10.4 Å². The maximum Gasteiger partial charge on any atom is 0.433 e. The SMILES string of the molecule is CN1[C@@H](C(=O)Nc2ccc(F)c(Cl)c2)C[C@@H](c2ccc(-c3ccc(C(F)(F)F)nc3)s2)NS1(=O)=O. The Morgan fingerprint density at radius 3 is 2.60 bits per heavy atom. The molecule has 0 spiro atoms. The first-order valence-corrected chi connectivity index (χ1v) is 12.6. The zero-order valence-electron chi connectivity index (χ0n) is 17.8. The van der Waals surface area contributed by atoms with Crippen molar-refractivity contribution >= 4 is 44.7 Å². The Labute approximate surface area is 206 Å². The van der Waals surface area contributed by atoms with E-state index in [1.165, 1.54) is 36.6 Å². The lowest BCUT2D eigenvalue weighted by molar-refractivity contribution is -0.141. The molecule has 1 aliphatic rings. The summed E-state index contributed by atoms with van der Waals surface area (Å²) >= 11 is 6.91. The minimum atomic E-state index is -4.56. The standard InChI is InChI=1S/C21H17ClF4N4O3S2/c1-30-16(20(31)28-12-3-4-14(23)13(22)8-12)9-15(29-35(30,32)33)18-6-5-17(34-18)11-2-7-19(27-10-11)21(24,25)26/h2-8,10,15-16,29H,9H2,1H3,(H,28,31)/t15-,16+/m0/s1. The number of aromatic nitrogens is 1. The Morgan fingerprint density at radius 1 is 1.23 bits per heavy atom. The van der Waals surface area contributed by atoms with Gasteiger partial charge in [-0.3, -0.25) is 9.78 Å². The van der Waals surface area contributed by atoms with Crippen LogP contribution >= 0.6 is 22.9 Å². The number of hydrogen-bond donors (Lipinski definition) is 2. The van der Waals surface area contributed by atoms with Crippen molar-refractivity contribution in [2.45, 2.75) is 24.7 Å². The second-order valence-electron chi connectivity index (χ2n) is 7.69. The number of alkyl halides is 3. The fourth-order valence-electron chi connectivity index (χ4n) is 3.50. The summed E-state index contributed by atoms with van der Waals surface area (Å²) in [7, 11) is -2.77. The van der Waals surface area contributed by atoms with Gasteiger partial charge in [-0.05, 0) is 48.9 Å². The number of halogens is 5. The second-order valence-corrected chi connectivity index (χ2v) is 11.0. The van der Waals surface area contributed by atoms with Crippen LogP contribution in [0.25, 0.3) is 10.4 Å². The predicted molar refractivity (Wildman–Crippen MR) is 124 cm³/mol. The lowest BCUT2D eigenvalue weighted by Crippen LogP contribution is -2.55. The van der Waals surface area contributed by atoms with Crippen LogP contribution in [0.3, 0.4) is 0 Å².